The minimum Gasteiger partial charge on any atom is -0.491 e. The molecule has 0 spiro atoms. The molecule has 10 nitrogen and oxygen atoms in total. The molecule has 14 heteroatoms. The molecule has 2 fully saturated rings. The van der Waals surface area contributed by atoms with E-state index in [-0.39, 0.29) is 35.7 Å². The van der Waals surface area contributed by atoms with Crippen LogP contribution in [0.3, 0.4) is 0 Å². The van der Waals surface area contributed by atoms with E-state index in [4.69, 9.17) is 55.9 Å². The van der Waals surface area contributed by atoms with Crippen LogP contribution in [0.25, 0.3) is 0 Å². The number of nitrogens with zero attached hydrogens (tertiary/aromatic N) is 4. The number of ether oxygens (including phenoxy) is 2. The van der Waals surface area contributed by atoms with Crippen molar-refractivity contribution in [2.75, 3.05) is 52.5 Å². The highest BCUT2D eigenvalue weighted by Gasteiger charge is 2.29. The SMILES string of the molecule is O=C(NC(c1ccc(Cl)cc1)c1ccccn1)C1CCN(CCOc2ccccc2Cl)CC1.O=C(NC(c1ccc(Cl)cc1)c1ccccn1)C1CCN(CCOc2ccccc2Cl)CC1. The summed E-state index contributed by atoms with van der Waals surface area (Å²) in [6.45, 7) is 6.19. The Morgan fingerprint density at radius 2 is 0.879 bits per heavy atom. The fourth-order valence-corrected chi connectivity index (χ4v) is 8.74. The fourth-order valence-electron chi connectivity index (χ4n) is 8.11. The second kappa shape index (κ2) is 25.1. The first-order valence-corrected chi connectivity index (χ1v) is 23.8. The number of para-hydroxylation sites is 2. The first kappa shape index (κ1) is 48.7. The molecule has 2 N–H and O–H groups in total. The van der Waals surface area contributed by atoms with Crippen LogP contribution >= 0.6 is 46.4 Å². The van der Waals surface area contributed by atoms with E-state index in [2.05, 4.69) is 30.4 Å². The van der Waals surface area contributed by atoms with E-state index in [9.17, 15) is 9.59 Å². The highest BCUT2D eigenvalue weighted by molar-refractivity contribution is 6.32. The quantitative estimate of drug-likeness (QED) is 0.0987. The first-order valence-electron chi connectivity index (χ1n) is 22.3. The molecule has 4 aromatic carbocycles. The zero-order chi connectivity index (χ0) is 46.1. The minimum atomic E-state index is -0.307. The van der Waals surface area contributed by atoms with E-state index in [0.717, 1.165) is 87.5 Å². The standard InChI is InChI=1S/2C26H27Cl2N3O2/c2*27-21-10-8-19(9-11-21)25(23-6-3-4-14-29-23)30-26(32)20-12-15-31(16-13-20)17-18-33-24-7-2-1-5-22(24)28/h2*1-11,14,20,25H,12-13,15-18H2,(H,30,32). The molecular formula is C52H54Cl4N6O4. The average Bonchev–Trinajstić information content (AvgIpc) is 3.35. The molecule has 4 heterocycles. The zero-order valence-corrected chi connectivity index (χ0v) is 39.6. The number of hydrogen-bond acceptors (Lipinski definition) is 8. The van der Waals surface area contributed by atoms with Crippen LogP contribution < -0.4 is 20.1 Å². The summed E-state index contributed by atoms with van der Waals surface area (Å²) in [5, 5.41) is 9.01. The lowest BCUT2D eigenvalue weighted by atomic mass is 9.94. The Bertz CT molecular complexity index is 2250. The first-order chi connectivity index (χ1) is 32.2. The number of carbonyl (C=O) groups is 2. The molecule has 0 saturated carbocycles. The summed E-state index contributed by atoms with van der Waals surface area (Å²) in [4.78, 5) is 39.9. The van der Waals surface area contributed by atoms with Gasteiger partial charge in [0.1, 0.15) is 24.7 Å². The monoisotopic (exact) mass is 966 g/mol. The van der Waals surface area contributed by atoms with E-state index in [1.54, 1.807) is 12.4 Å². The number of benzene rings is 4. The van der Waals surface area contributed by atoms with E-state index < -0.39 is 0 Å². The largest absolute Gasteiger partial charge is 0.491 e. The molecule has 0 radical (unpaired) electrons. The lowest BCUT2D eigenvalue weighted by Crippen LogP contribution is -2.42. The second-order valence-electron chi connectivity index (χ2n) is 16.3. The lowest BCUT2D eigenvalue weighted by Gasteiger charge is -2.32. The second-order valence-corrected chi connectivity index (χ2v) is 18.0. The molecule has 2 aromatic heterocycles. The Balaban J connectivity index is 0.000000196. The van der Waals surface area contributed by atoms with Crippen LogP contribution in [0.5, 0.6) is 11.5 Å². The average molecular weight is 969 g/mol. The molecule has 0 aliphatic carbocycles. The van der Waals surface area contributed by atoms with Crippen LogP contribution in [0.1, 0.15) is 60.3 Å². The Labute approximate surface area is 407 Å². The summed E-state index contributed by atoms with van der Waals surface area (Å²) in [6, 6.07) is 40.9. The van der Waals surface area contributed by atoms with E-state index in [1.165, 1.54) is 0 Å². The van der Waals surface area contributed by atoms with Crippen molar-refractivity contribution in [2.24, 2.45) is 11.8 Å². The third-order valence-electron chi connectivity index (χ3n) is 11.9. The summed E-state index contributed by atoms with van der Waals surface area (Å²) >= 11 is 24.4. The van der Waals surface area contributed by atoms with Gasteiger partial charge in [-0.05, 0) is 136 Å². The number of hydrogen-bond donors (Lipinski definition) is 2. The molecule has 2 atom stereocenters. The molecule has 6 aromatic rings. The Morgan fingerprint density at radius 3 is 1.23 bits per heavy atom. The maximum Gasteiger partial charge on any atom is 0.224 e. The highest BCUT2D eigenvalue weighted by atomic mass is 35.5. The molecule has 2 saturated heterocycles. The van der Waals surface area contributed by atoms with Crippen molar-refractivity contribution in [3.63, 3.8) is 0 Å². The van der Waals surface area contributed by atoms with Gasteiger partial charge in [0, 0.05) is 47.4 Å². The molecular weight excluding hydrogens is 914 g/mol. The number of halogens is 4. The number of pyridine rings is 2. The van der Waals surface area contributed by atoms with Crippen molar-refractivity contribution < 1.29 is 19.1 Å². The van der Waals surface area contributed by atoms with Crippen LogP contribution in [0.2, 0.25) is 20.1 Å². The number of rotatable bonds is 16. The number of amides is 2. The fraction of sp³-hybridized carbons (Fsp3) is 0.308. The van der Waals surface area contributed by atoms with Crippen molar-refractivity contribution in [3.8, 4) is 11.5 Å². The third-order valence-corrected chi connectivity index (χ3v) is 13.0. The number of carbonyl (C=O) groups excluding carboxylic acids is 2. The zero-order valence-electron chi connectivity index (χ0n) is 36.6. The van der Waals surface area contributed by atoms with Crippen LogP contribution in [-0.4, -0.2) is 84.1 Å². The van der Waals surface area contributed by atoms with Crippen LogP contribution in [0.15, 0.2) is 146 Å². The number of nitrogens with one attached hydrogen (secondary N) is 2. The number of piperidine rings is 2. The maximum atomic E-state index is 13.1. The number of likely N-dealkylation sites (tertiary alicyclic amines) is 2. The smallest absolute Gasteiger partial charge is 0.224 e. The van der Waals surface area contributed by atoms with Gasteiger partial charge < -0.3 is 20.1 Å². The predicted molar refractivity (Wildman–Crippen MR) is 264 cm³/mol. The Hall–Kier alpha value is -5.20. The van der Waals surface area contributed by atoms with Gasteiger partial charge in [0.25, 0.3) is 0 Å². The number of aromatic nitrogens is 2. The molecule has 66 heavy (non-hydrogen) atoms. The van der Waals surface area contributed by atoms with Gasteiger partial charge in [0.15, 0.2) is 0 Å². The van der Waals surface area contributed by atoms with Crippen molar-refractivity contribution in [1.82, 2.24) is 30.4 Å². The minimum absolute atomic E-state index is 0.0238. The summed E-state index contributed by atoms with van der Waals surface area (Å²) < 4.78 is 11.6. The molecule has 0 bridgehead atoms. The molecule has 2 aliphatic rings. The Morgan fingerprint density at radius 1 is 0.515 bits per heavy atom. The lowest BCUT2D eigenvalue weighted by molar-refractivity contribution is -0.127. The van der Waals surface area contributed by atoms with Gasteiger partial charge in [0.05, 0.1) is 33.5 Å². The van der Waals surface area contributed by atoms with Crippen LogP contribution in [0.4, 0.5) is 0 Å². The molecule has 344 valence electrons. The van der Waals surface area contributed by atoms with Gasteiger partial charge >= 0.3 is 0 Å². The van der Waals surface area contributed by atoms with Gasteiger partial charge in [0.2, 0.25) is 11.8 Å². The van der Waals surface area contributed by atoms with Gasteiger partial charge in [-0.3, -0.25) is 29.4 Å². The van der Waals surface area contributed by atoms with Crippen molar-refractivity contribution in [3.05, 3.63) is 188 Å². The molecule has 8 rings (SSSR count). The van der Waals surface area contributed by atoms with Crippen molar-refractivity contribution in [1.29, 1.82) is 0 Å². The van der Waals surface area contributed by atoms with Gasteiger partial charge in [-0.15, -0.1) is 0 Å². The predicted octanol–water partition coefficient (Wildman–Crippen LogP) is 10.8. The van der Waals surface area contributed by atoms with E-state index >= 15 is 0 Å². The Kier molecular flexibility index (Phi) is 18.5. The highest BCUT2D eigenvalue weighted by Crippen LogP contribution is 2.28. The van der Waals surface area contributed by atoms with Crippen molar-refractivity contribution in [2.45, 2.75) is 37.8 Å². The van der Waals surface area contributed by atoms with Crippen LogP contribution in [-0.2, 0) is 9.59 Å². The molecule has 2 unspecified atom stereocenters. The van der Waals surface area contributed by atoms with E-state index in [0.29, 0.717) is 44.8 Å². The molecule has 2 amide bonds. The summed E-state index contributed by atoms with van der Waals surface area (Å²) in [5.41, 5.74) is 3.53. The third kappa shape index (κ3) is 14.4. The summed E-state index contributed by atoms with van der Waals surface area (Å²) in [5.74, 6) is 1.49. The maximum absolute atomic E-state index is 13.1. The van der Waals surface area contributed by atoms with Crippen LogP contribution in [0, 0.1) is 11.8 Å². The van der Waals surface area contributed by atoms with E-state index in [1.807, 2.05) is 133 Å². The summed E-state index contributed by atoms with van der Waals surface area (Å²) in [6.07, 6.45) is 6.74. The van der Waals surface area contributed by atoms with Gasteiger partial charge in [-0.1, -0.05) is 107 Å². The van der Waals surface area contributed by atoms with Gasteiger partial charge in [-0.2, -0.15) is 0 Å². The summed E-state index contributed by atoms with van der Waals surface area (Å²) in [7, 11) is 0. The topological polar surface area (TPSA) is 109 Å². The van der Waals surface area contributed by atoms with Crippen molar-refractivity contribution >= 4 is 58.2 Å². The molecule has 2 aliphatic heterocycles. The normalized spacial score (nSPS) is 15.7. The van der Waals surface area contributed by atoms with Gasteiger partial charge in [-0.25, -0.2) is 0 Å².